The summed E-state index contributed by atoms with van der Waals surface area (Å²) in [5, 5.41) is 12.0. The molecule has 10 heteroatoms. The van der Waals surface area contributed by atoms with Crippen molar-refractivity contribution in [2.45, 2.75) is 44.8 Å². The molecule has 2 aromatic carbocycles. The Morgan fingerprint density at radius 2 is 1.98 bits per heavy atom. The Labute approximate surface area is 253 Å². The summed E-state index contributed by atoms with van der Waals surface area (Å²) in [6.45, 7) is 10.5. The number of hydrogen-bond acceptors (Lipinski definition) is 9. The number of likely N-dealkylation sites (N-methyl/N-ethyl adjacent to an activating group) is 1. The summed E-state index contributed by atoms with van der Waals surface area (Å²) in [6, 6.07) is 15.4. The van der Waals surface area contributed by atoms with E-state index in [9.17, 15) is 10.1 Å². The van der Waals surface area contributed by atoms with Gasteiger partial charge in [-0.2, -0.15) is 15.2 Å². The minimum absolute atomic E-state index is 0.164. The number of amides is 1. The number of likely N-dealkylation sites (tertiary alicyclic amines) is 1. The number of aromatic nitrogens is 2. The molecule has 10 nitrogen and oxygen atoms in total. The highest BCUT2D eigenvalue weighted by Gasteiger charge is 2.34. The maximum Gasteiger partial charge on any atom is 0.318 e. The maximum absolute atomic E-state index is 12.6. The summed E-state index contributed by atoms with van der Waals surface area (Å²) in [7, 11) is 2.13. The smallest absolute Gasteiger partial charge is 0.318 e. The largest absolute Gasteiger partial charge is 0.486 e. The van der Waals surface area contributed by atoms with Crippen LogP contribution in [0.1, 0.15) is 30.5 Å². The number of nitriles is 1. The van der Waals surface area contributed by atoms with Crippen LogP contribution in [0.4, 0.5) is 11.5 Å². The lowest BCUT2D eigenvalue weighted by atomic mass is 10.0. The SMILES string of the molecule is C=CC(=O)N1CCN(c2nc(OC[C@@H]3CCCN3C)nc3c2OCCN(c2cccc4cccc(C)c24)C3)C[C@@H]1CC#N. The van der Waals surface area contributed by atoms with Crippen molar-refractivity contribution >= 4 is 28.2 Å². The van der Waals surface area contributed by atoms with Gasteiger partial charge in [0.25, 0.3) is 0 Å². The number of piperazine rings is 1. The Kier molecular flexibility index (Phi) is 8.34. The van der Waals surface area contributed by atoms with Crippen LogP contribution < -0.4 is 19.3 Å². The Hall–Kier alpha value is -4.36. The highest BCUT2D eigenvalue weighted by atomic mass is 16.5. The van der Waals surface area contributed by atoms with Crippen molar-refractivity contribution in [3.63, 3.8) is 0 Å². The molecule has 6 rings (SSSR count). The Morgan fingerprint density at radius 3 is 2.74 bits per heavy atom. The molecule has 2 atom stereocenters. The van der Waals surface area contributed by atoms with E-state index in [-0.39, 0.29) is 18.4 Å². The van der Waals surface area contributed by atoms with Gasteiger partial charge in [0.05, 0.1) is 31.6 Å². The average molecular weight is 582 g/mol. The van der Waals surface area contributed by atoms with Gasteiger partial charge in [-0.05, 0) is 56.4 Å². The normalized spacial score (nSPS) is 20.7. The highest BCUT2D eigenvalue weighted by molar-refractivity contribution is 5.97. The first-order chi connectivity index (χ1) is 21.0. The fourth-order valence-electron chi connectivity index (χ4n) is 6.58. The lowest BCUT2D eigenvalue weighted by Gasteiger charge is -2.41. The fourth-order valence-corrected chi connectivity index (χ4v) is 6.58. The number of hydrogen-bond donors (Lipinski definition) is 0. The summed E-state index contributed by atoms with van der Waals surface area (Å²) in [5.41, 5.74) is 3.14. The zero-order valence-corrected chi connectivity index (χ0v) is 25.0. The minimum Gasteiger partial charge on any atom is -0.486 e. The maximum atomic E-state index is 12.6. The second kappa shape index (κ2) is 12.5. The molecule has 1 amide bonds. The number of ether oxygens (including phenoxy) is 2. The third-order valence-corrected chi connectivity index (χ3v) is 8.92. The molecule has 224 valence electrons. The Bertz CT molecular complexity index is 1550. The van der Waals surface area contributed by atoms with Crippen molar-refractivity contribution in [3.8, 4) is 17.8 Å². The summed E-state index contributed by atoms with van der Waals surface area (Å²) < 4.78 is 12.7. The molecule has 0 unspecified atom stereocenters. The molecule has 0 radical (unpaired) electrons. The molecule has 0 spiro atoms. The summed E-state index contributed by atoms with van der Waals surface area (Å²) >= 11 is 0. The van der Waals surface area contributed by atoms with E-state index in [1.807, 2.05) is 0 Å². The summed E-state index contributed by atoms with van der Waals surface area (Å²) in [6.07, 6.45) is 3.77. The van der Waals surface area contributed by atoms with E-state index in [2.05, 4.69) is 77.7 Å². The molecule has 1 aromatic heterocycles. The van der Waals surface area contributed by atoms with E-state index >= 15 is 0 Å². The second-order valence-corrected chi connectivity index (χ2v) is 11.6. The van der Waals surface area contributed by atoms with Crippen molar-refractivity contribution in [2.24, 2.45) is 0 Å². The molecular weight excluding hydrogens is 542 g/mol. The quantitative estimate of drug-likeness (QED) is 0.385. The molecule has 3 aliphatic heterocycles. The number of anilines is 2. The molecule has 0 aliphatic carbocycles. The molecule has 43 heavy (non-hydrogen) atoms. The third kappa shape index (κ3) is 5.82. The van der Waals surface area contributed by atoms with Crippen molar-refractivity contribution in [2.75, 3.05) is 62.8 Å². The van der Waals surface area contributed by atoms with Crippen molar-refractivity contribution in [3.05, 3.63) is 60.3 Å². The number of rotatable bonds is 7. The Balaban J connectivity index is 1.36. The van der Waals surface area contributed by atoms with Crippen molar-refractivity contribution < 1.29 is 14.3 Å². The van der Waals surface area contributed by atoms with E-state index in [0.717, 1.165) is 30.8 Å². The number of carbonyl (C=O) groups is 1. The van der Waals surface area contributed by atoms with Crippen LogP contribution in [0.15, 0.2) is 49.1 Å². The Morgan fingerprint density at radius 1 is 1.14 bits per heavy atom. The molecule has 4 heterocycles. The average Bonchev–Trinajstić information content (AvgIpc) is 3.31. The van der Waals surface area contributed by atoms with E-state index in [1.165, 1.54) is 22.4 Å². The van der Waals surface area contributed by atoms with Gasteiger partial charge in [0.15, 0.2) is 11.6 Å². The summed E-state index contributed by atoms with van der Waals surface area (Å²) in [4.78, 5) is 30.9. The molecule has 0 bridgehead atoms. The van der Waals surface area contributed by atoms with Crippen molar-refractivity contribution in [1.29, 1.82) is 5.26 Å². The molecule has 2 fully saturated rings. The first kappa shape index (κ1) is 28.7. The number of nitrogens with zero attached hydrogens (tertiary/aromatic N) is 7. The standard InChI is InChI=1S/C33H39N7O3/c1-4-29(41)40-17-16-39(20-25(40)13-14-34)32-31-27(35-33(36-32)43-22-26-11-7-15-37(26)3)21-38(18-19-42-31)28-12-6-10-24-9-5-8-23(2)30(24)28/h4-6,8-10,12,25-26H,1,7,11,13,15-22H2,2-3H3/t25-,26-/m0/s1. The highest BCUT2D eigenvalue weighted by Crippen LogP contribution is 2.38. The summed E-state index contributed by atoms with van der Waals surface area (Å²) in [5.74, 6) is 1.14. The predicted octanol–water partition coefficient (Wildman–Crippen LogP) is 3.93. The topological polar surface area (TPSA) is 98.1 Å². The van der Waals surface area contributed by atoms with Gasteiger partial charge >= 0.3 is 6.01 Å². The van der Waals surface area contributed by atoms with Gasteiger partial charge in [-0.1, -0.05) is 36.9 Å². The lowest BCUT2D eigenvalue weighted by Crippen LogP contribution is -2.55. The first-order valence-corrected chi connectivity index (χ1v) is 15.1. The molecule has 0 N–H and O–H groups in total. The van der Waals surface area contributed by atoms with Gasteiger partial charge in [-0.25, -0.2) is 0 Å². The van der Waals surface area contributed by atoms with E-state index in [4.69, 9.17) is 19.4 Å². The van der Waals surface area contributed by atoms with E-state index in [0.29, 0.717) is 69.6 Å². The van der Waals surface area contributed by atoms with E-state index in [1.54, 1.807) is 4.90 Å². The molecule has 0 saturated carbocycles. The first-order valence-electron chi connectivity index (χ1n) is 15.1. The van der Waals surface area contributed by atoms with Gasteiger partial charge in [0, 0.05) is 36.7 Å². The molecule has 3 aliphatic rings. The van der Waals surface area contributed by atoms with E-state index < -0.39 is 0 Å². The number of benzene rings is 2. The van der Waals surface area contributed by atoms with Crippen LogP contribution in [0.3, 0.4) is 0 Å². The minimum atomic E-state index is -0.285. The number of carbonyl (C=O) groups excluding carboxylic acids is 1. The number of fused-ring (bicyclic) bond motifs is 2. The van der Waals surface area contributed by atoms with Crippen LogP contribution in [0, 0.1) is 18.3 Å². The van der Waals surface area contributed by atoms with Crippen LogP contribution in [0.5, 0.6) is 11.8 Å². The van der Waals surface area contributed by atoms with Crippen LogP contribution in [-0.2, 0) is 11.3 Å². The van der Waals surface area contributed by atoms with Gasteiger partial charge in [0.2, 0.25) is 5.91 Å². The van der Waals surface area contributed by atoms with Gasteiger partial charge in [-0.15, -0.1) is 0 Å². The fraction of sp³-hybridized carbons (Fsp3) is 0.455. The van der Waals surface area contributed by atoms with Crippen LogP contribution in [0.25, 0.3) is 10.8 Å². The van der Waals surface area contributed by atoms with Crippen LogP contribution >= 0.6 is 0 Å². The van der Waals surface area contributed by atoms with Gasteiger partial charge in [-0.3, -0.25) is 4.79 Å². The zero-order valence-electron chi connectivity index (χ0n) is 25.0. The van der Waals surface area contributed by atoms with Crippen LogP contribution in [-0.4, -0.2) is 90.7 Å². The van der Waals surface area contributed by atoms with Crippen molar-refractivity contribution in [1.82, 2.24) is 19.8 Å². The zero-order chi connectivity index (χ0) is 29.9. The third-order valence-electron chi connectivity index (χ3n) is 8.92. The predicted molar refractivity (Wildman–Crippen MR) is 167 cm³/mol. The van der Waals surface area contributed by atoms with Gasteiger partial charge < -0.3 is 29.1 Å². The molecule has 3 aromatic rings. The lowest BCUT2D eigenvalue weighted by molar-refractivity contribution is -0.128. The van der Waals surface area contributed by atoms with Crippen LogP contribution in [0.2, 0.25) is 0 Å². The molecule has 2 saturated heterocycles. The monoisotopic (exact) mass is 581 g/mol. The number of aryl methyl sites for hydroxylation is 1. The molecular formula is C33H39N7O3. The second-order valence-electron chi connectivity index (χ2n) is 11.6. The van der Waals surface area contributed by atoms with Gasteiger partial charge in [0.1, 0.15) is 18.9 Å².